The lowest BCUT2D eigenvalue weighted by Gasteiger charge is -2.12. The lowest BCUT2D eigenvalue weighted by Crippen LogP contribution is -2.01. The van der Waals surface area contributed by atoms with Gasteiger partial charge in [-0.1, -0.05) is 104 Å². The third kappa shape index (κ3) is 16.3. The Kier molecular flexibility index (Phi) is 18.2. The van der Waals surface area contributed by atoms with Crippen LogP contribution in [0.25, 0.3) is 6.08 Å². The first-order valence-electron chi connectivity index (χ1n) is 13.5. The molecule has 0 fully saturated rings. The zero-order chi connectivity index (χ0) is 24.0. The lowest BCUT2D eigenvalue weighted by molar-refractivity contribution is -0.131. The fraction of sp³-hybridized carbons (Fsp3) is 0.690. The van der Waals surface area contributed by atoms with Crippen LogP contribution in [0.3, 0.4) is 0 Å². The van der Waals surface area contributed by atoms with Gasteiger partial charge >= 0.3 is 5.97 Å². The summed E-state index contributed by atoms with van der Waals surface area (Å²) >= 11 is 0. The van der Waals surface area contributed by atoms with Crippen LogP contribution in [0.4, 0.5) is 0 Å². The van der Waals surface area contributed by atoms with E-state index in [0.717, 1.165) is 30.2 Å². The molecular formula is C29H48O4. The Morgan fingerprint density at radius 1 is 0.727 bits per heavy atom. The van der Waals surface area contributed by atoms with Gasteiger partial charge in [0.2, 0.25) is 0 Å². The van der Waals surface area contributed by atoms with Gasteiger partial charge in [-0.15, -0.1) is 0 Å². The summed E-state index contributed by atoms with van der Waals surface area (Å²) in [5.41, 5.74) is 0.774. The molecule has 1 aromatic carbocycles. The van der Waals surface area contributed by atoms with Crippen molar-refractivity contribution in [1.29, 1.82) is 0 Å². The minimum absolute atomic E-state index is 0.643. The van der Waals surface area contributed by atoms with Gasteiger partial charge in [-0.3, -0.25) is 0 Å². The van der Waals surface area contributed by atoms with Crippen molar-refractivity contribution in [3.05, 3.63) is 29.8 Å². The predicted molar refractivity (Wildman–Crippen MR) is 139 cm³/mol. The summed E-state index contributed by atoms with van der Waals surface area (Å²) < 4.78 is 12.0. The van der Waals surface area contributed by atoms with Crippen LogP contribution in [0.15, 0.2) is 24.3 Å². The Morgan fingerprint density at radius 3 is 1.73 bits per heavy atom. The van der Waals surface area contributed by atoms with Crippen molar-refractivity contribution in [2.75, 3.05) is 13.2 Å². The second-order valence-electron chi connectivity index (χ2n) is 9.02. The number of rotatable bonds is 22. The fourth-order valence-corrected chi connectivity index (χ4v) is 3.87. The highest BCUT2D eigenvalue weighted by Crippen LogP contribution is 2.27. The molecule has 1 aromatic rings. The minimum atomic E-state index is -0.959. The molecule has 4 heteroatoms. The maximum Gasteiger partial charge on any atom is 0.328 e. The first kappa shape index (κ1) is 29.1. The van der Waals surface area contributed by atoms with Crippen molar-refractivity contribution in [1.82, 2.24) is 0 Å². The van der Waals surface area contributed by atoms with E-state index < -0.39 is 5.97 Å². The van der Waals surface area contributed by atoms with Crippen molar-refractivity contribution in [3.63, 3.8) is 0 Å². The summed E-state index contributed by atoms with van der Waals surface area (Å²) in [5, 5.41) is 8.97. The molecule has 0 saturated heterocycles. The maximum atomic E-state index is 10.9. The Balaban J connectivity index is 2.38. The summed E-state index contributed by atoms with van der Waals surface area (Å²) in [4.78, 5) is 10.9. The number of unbranched alkanes of at least 4 members (excludes halogenated alkanes) is 14. The molecule has 0 amide bonds. The number of hydrogen-bond acceptors (Lipinski definition) is 3. The molecular weight excluding hydrogens is 412 g/mol. The zero-order valence-corrected chi connectivity index (χ0v) is 21.3. The minimum Gasteiger partial charge on any atom is -0.493 e. The smallest absolute Gasteiger partial charge is 0.328 e. The Morgan fingerprint density at radius 2 is 1.21 bits per heavy atom. The summed E-state index contributed by atoms with van der Waals surface area (Å²) in [6.07, 6.45) is 23.0. The predicted octanol–water partition coefficient (Wildman–Crippen LogP) is 8.82. The highest BCUT2D eigenvalue weighted by Gasteiger charge is 2.06. The van der Waals surface area contributed by atoms with Gasteiger partial charge < -0.3 is 14.6 Å². The van der Waals surface area contributed by atoms with Gasteiger partial charge in [-0.05, 0) is 31.1 Å². The van der Waals surface area contributed by atoms with Crippen LogP contribution in [0.2, 0.25) is 0 Å². The average molecular weight is 461 g/mol. The number of ether oxygens (including phenoxy) is 2. The summed E-state index contributed by atoms with van der Waals surface area (Å²) in [6.45, 7) is 5.84. The van der Waals surface area contributed by atoms with Crippen molar-refractivity contribution < 1.29 is 19.4 Å². The average Bonchev–Trinajstić information content (AvgIpc) is 2.81. The molecule has 4 nitrogen and oxygen atoms in total. The molecule has 0 radical (unpaired) electrons. The van der Waals surface area contributed by atoms with Crippen LogP contribution in [0.5, 0.6) is 11.5 Å². The topological polar surface area (TPSA) is 55.8 Å². The van der Waals surface area contributed by atoms with Crippen LogP contribution in [0, 0.1) is 0 Å². The second-order valence-corrected chi connectivity index (χ2v) is 9.02. The number of aliphatic carboxylic acids is 1. The van der Waals surface area contributed by atoms with Gasteiger partial charge in [0, 0.05) is 17.7 Å². The molecule has 0 heterocycles. The molecule has 0 saturated carbocycles. The van der Waals surface area contributed by atoms with E-state index in [4.69, 9.17) is 14.6 Å². The Bertz CT molecular complexity index is 639. The van der Waals surface area contributed by atoms with Crippen LogP contribution in [-0.2, 0) is 4.79 Å². The molecule has 0 spiro atoms. The fourth-order valence-electron chi connectivity index (χ4n) is 3.87. The van der Waals surface area contributed by atoms with Gasteiger partial charge in [-0.2, -0.15) is 0 Å². The van der Waals surface area contributed by atoms with E-state index in [1.807, 2.05) is 18.2 Å². The van der Waals surface area contributed by atoms with Gasteiger partial charge in [-0.25, -0.2) is 4.79 Å². The van der Waals surface area contributed by atoms with Crippen molar-refractivity contribution >= 4 is 12.0 Å². The van der Waals surface area contributed by atoms with E-state index in [1.165, 1.54) is 89.9 Å². The Labute approximate surface area is 202 Å². The number of carboxylic acids is 1. The van der Waals surface area contributed by atoms with Crippen LogP contribution in [0.1, 0.15) is 122 Å². The summed E-state index contributed by atoms with van der Waals surface area (Å²) in [7, 11) is 0. The molecule has 1 N–H and O–H groups in total. The third-order valence-corrected chi connectivity index (χ3v) is 5.91. The van der Waals surface area contributed by atoms with Crippen LogP contribution in [-0.4, -0.2) is 24.3 Å². The molecule has 0 aromatic heterocycles. The number of carbonyl (C=O) groups is 1. The first-order chi connectivity index (χ1) is 16.2. The van der Waals surface area contributed by atoms with E-state index >= 15 is 0 Å². The van der Waals surface area contributed by atoms with E-state index in [1.54, 1.807) is 6.08 Å². The molecule has 0 aliphatic carbocycles. The maximum absolute atomic E-state index is 10.9. The molecule has 0 atom stereocenters. The highest BCUT2D eigenvalue weighted by molar-refractivity contribution is 5.86. The Hall–Kier alpha value is -1.97. The van der Waals surface area contributed by atoms with Crippen molar-refractivity contribution in [2.24, 2.45) is 0 Å². The van der Waals surface area contributed by atoms with Gasteiger partial charge in [0.1, 0.15) is 11.5 Å². The van der Waals surface area contributed by atoms with Crippen LogP contribution >= 0.6 is 0 Å². The molecule has 1 rings (SSSR count). The normalized spacial score (nSPS) is 11.2. The van der Waals surface area contributed by atoms with Crippen molar-refractivity contribution in [2.45, 2.75) is 117 Å². The molecule has 33 heavy (non-hydrogen) atoms. The number of hydrogen-bond donors (Lipinski definition) is 1. The van der Waals surface area contributed by atoms with Crippen LogP contribution < -0.4 is 9.47 Å². The SMILES string of the molecule is CCCCCCCCCCOc1ccc(C=CC(=O)O)c(OCCCCCCCCCC)c1. The van der Waals surface area contributed by atoms with Gasteiger partial charge in [0.25, 0.3) is 0 Å². The van der Waals surface area contributed by atoms with E-state index in [0.29, 0.717) is 19.0 Å². The van der Waals surface area contributed by atoms with Gasteiger partial charge in [0.05, 0.1) is 13.2 Å². The van der Waals surface area contributed by atoms with Crippen molar-refractivity contribution in [3.8, 4) is 11.5 Å². The number of carboxylic acid groups (broad SMARTS) is 1. The largest absolute Gasteiger partial charge is 0.493 e. The standard InChI is InChI=1S/C29H48O4/c1-3-5-7-9-11-13-15-17-23-32-27-21-19-26(20-22-29(30)31)28(25-27)33-24-18-16-14-12-10-8-6-4-2/h19-22,25H,3-18,23-24H2,1-2H3,(H,30,31). The quantitative estimate of drug-likeness (QED) is 0.139. The van der Waals surface area contributed by atoms with E-state index in [9.17, 15) is 4.79 Å². The number of benzene rings is 1. The first-order valence-corrected chi connectivity index (χ1v) is 13.5. The third-order valence-electron chi connectivity index (χ3n) is 5.91. The zero-order valence-electron chi connectivity index (χ0n) is 21.3. The van der Waals surface area contributed by atoms with Gasteiger partial charge in [0.15, 0.2) is 0 Å². The summed E-state index contributed by atoms with van der Waals surface area (Å²) in [6, 6.07) is 5.68. The molecule has 0 aliphatic heterocycles. The summed E-state index contributed by atoms with van der Waals surface area (Å²) in [5.74, 6) is 0.527. The second kappa shape index (κ2) is 20.6. The van der Waals surface area contributed by atoms with E-state index in [-0.39, 0.29) is 0 Å². The monoisotopic (exact) mass is 460 g/mol. The lowest BCUT2D eigenvalue weighted by atomic mass is 10.1. The van der Waals surface area contributed by atoms with E-state index in [2.05, 4.69) is 13.8 Å². The highest BCUT2D eigenvalue weighted by atomic mass is 16.5. The molecule has 0 unspecified atom stereocenters. The molecule has 0 bridgehead atoms. The molecule has 188 valence electrons. The molecule has 0 aliphatic rings.